The van der Waals surface area contributed by atoms with E-state index in [1.165, 1.54) is 0 Å². The van der Waals surface area contributed by atoms with Gasteiger partial charge in [0.15, 0.2) is 0 Å². The number of amides is 1. The third-order valence-corrected chi connectivity index (χ3v) is 3.05. The predicted octanol–water partition coefficient (Wildman–Crippen LogP) is 2.97. The summed E-state index contributed by atoms with van der Waals surface area (Å²) in [5.74, 6) is 0.627. The van der Waals surface area contributed by atoms with E-state index >= 15 is 0 Å². The van der Waals surface area contributed by atoms with E-state index in [1.54, 1.807) is 0 Å². The summed E-state index contributed by atoms with van der Waals surface area (Å²) in [6, 6.07) is 0. The van der Waals surface area contributed by atoms with Gasteiger partial charge >= 0.3 is 0 Å². The first-order chi connectivity index (χ1) is 8.15. The molecule has 0 fully saturated rings. The van der Waals surface area contributed by atoms with Crippen LogP contribution < -0.4 is 5.73 Å². The van der Waals surface area contributed by atoms with Crippen molar-refractivity contribution in [2.75, 3.05) is 13.1 Å². The van der Waals surface area contributed by atoms with Gasteiger partial charge in [-0.05, 0) is 24.7 Å². The Bertz CT molecular complexity index is 284. The van der Waals surface area contributed by atoms with Gasteiger partial charge in [0, 0.05) is 25.9 Å². The van der Waals surface area contributed by atoms with Crippen molar-refractivity contribution in [2.24, 2.45) is 17.1 Å². The average Bonchev–Trinajstić information content (AvgIpc) is 2.14. The molecule has 0 aromatic carbocycles. The van der Waals surface area contributed by atoms with Crippen LogP contribution in [0.2, 0.25) is 0 Å². The van der Waals surface area contributed by atoms with Gasteiger partial charge < -0.3 is 10.6 Å². The van der Waals surface area contributed by atoms with Gasteiger partial charge in [-0.2, -0.15) is 0 Å². The van der Waals surface area contributed by atoms with E-state index in [-0.39, 0.29) is 11.3 Å². The molecular formula is C14H28N2OS. The maximum absolute atomic E-state index is 12.1. The molecule has 4 heteroatoms. The molecule has 0 heterocycles. The van der Waals surface area contributed by atoms with E-state index < -0.39 is 0 Å². The Morgan fingerprint density at radius 2 is 1.94 bits per heavy atom. The Morgan fingerprint density at radius 3 is 2.33 bits per heavy atom. The number of nitrogens with zero attached hydrogens (tertiary/aromatic N) is 1. The second-order valence-corrected chi connectivity index (χ2v) is 6.79. The second kappa shape index (κ2) is 7.72. The zero-order valence-electron chi connectivity index (χ0n) is 12.5. The zero-order chi connectivity index (χ0) is 14.3. The van der Waals surface area contributed by atoms with Crippen molar-refractivity contribution in [1.29, 1.82) is 0 Å². The molecule has 0 rings (SSSR count). The molecule has 2 N–H and O–H groups in total. The molecular weight excluding hydrogens is 244 g/mol. The van der Waals surface area contributed by atoms with Crippen LogP contribution in [-0.4, -0.2) is 28.9 Å². The van der Waals surface area contributed by atoms with E-state index in [9.17, 15) is 4.79 Å². The monoisotopic (exact) mass is 272 g/mol. The third-order valence-electron chi connectivity index (χ3n) is 2.85. The van der Waals surface area contributed by atoms with Crippen LogP contribution in [0.1, 0.15) is 53.9 Å². The Labute approximate surface area is 117 Å². The summed E-state index contributed by atoms with van der Waals surface area (Å²) in [4.78, 5) is 14.4. The molecule has 18 heavy (non-hydrogen) atoms. The minimum absolute atomic E-state index is 0.213. The fraction of sp³-hybridized carbons (Fsp3) is 0.857. The molecule has 0 radical (unpaired) electrons. The van der Waals surface area contributed by atoms with Crippen LogP contribution in [-0.2, 0) is 4.79 Å². The molecule has 106 valence electrons. The standard InChI is InChI=1S/C14H28N2OS/c1-6-16(8-7-12(15)18)13(17)9-11(2)10-14(3,4)5/h11H,6-10H2,1-5H3,(H2,15,18). The van der Waals surface area contributed by atoms with Crippen LogP contribution in [0.5, 0.6) is 0 Å². The van der Waals surface area contributed by atoms with Crippen LogP contribution in [0.15, 0.2) is 0 Å². The summed E-state index contributed by atoms with van der Waals surface area (Å²) in [7, 11) is 0. The minimum Gasteiger partial charge on any atom is -0.393 e. The lowest BCUT2D eigenvalue weighted by atomic mass is 9.84. The fourth-order valence-corrected chi connectivity index (χ4v) is 2.34. The summed E-state index contributed by atoms with van der Waals surface area (Å²) in [5, 5.41) is 0. The highest BCUT2D eigenvalue weighted by atomic mass is 32.1. The highest BCUT2D eigenvalue weighted by Crippen LogP contribution is 2.26. The van der Waals surface area contributed by atoms with E-state index in [1.807, 2.05) is 11.8 Å². The van der Waals surface area contributed by atoms with E-state index in [2.05, 4.69) is 27.7 Å². The van der Waals surface area contributed by atoms with Crippen LogP contribution in [0.25, 0.3) is 0 Å². The second-order valence-electron chi connectivity index (χ2n) is 6.26. The maximum Gasteiger partial charge on any atom is 0.222 e. The van der Waals surface area contributed by atoms with Crippen LogP contribution in [0.3, 0.4) is 0 Å². The van der Waals surface area contributed by atoms with Crippen molar-refractivity contribution in [2.45, 2.75) is 53.9 Å². The number of thiocarbonyl (C=S) groups is 1. The van der Waals surface area contributed by atoms with Gasteiger partial charge in [0.2, 0.25) is 5.91 Å². The molecule has 0 aromatic rings. The molecule has 0 aliphatic heterocycles. The van der Waals surface area contributed by atoms with Crippen LogP contribution in [0.4, 0.5) is 0 Å². The van der Waals surface area contributed by atoms with Gasteiger partial charge in [-0.1, -0.05) is 39.9 Å². The number of hydrogen-bond acceptors (Lipinski definition) is 2. The molecule has 0 spiro atoms. The molecule has 1 unspecified atom stereocenters. The Kier molecular flexibility index (Phi) is 7.45. The molecule has 0 aliphatic rings. The number of nitrogens with two attached hydrogens (primary N) is 1. The molecule has 0 bridgehead atoms. The Morgan fingerprint density at radius 1 is 1.39 bits per heavy atom. The molecule has 0 aromatic heterocycles. The van der Waals surface area contributed by atoms with Crippen molar-refractivity contribution in [3.05, 3.63) is 0 Å². The molecule has 0 aliphatic carbocycles. The van der Waals surface area contributed by atoms with E-state index in [4.69, 9.17) is 18.0 Å². The minimum atomic E-state index is 0.213. The topological polar surface area (TPSA) is 46.3 Å². The lowest BCUT2D eigenvalue weighted by molar-refractivity contribution is -0.132. The van der Waals surface area contributed by atoms with Crippen molar-refractivity contribution in [3.8, 4) is 0 Å². The first-order valence-electron chi connectivity index (χ1n) is 6.71. The van der Waals surface area contributed by atoms with Gasteiger partial charge in [0.1, 0.15) is 0 Å². The molecule has 3 nitrogen and oxygen atoms in total. The molecule has 0 saturated heterocycles. The predicted molar refractivity (Wildman–Crippen MR) is 81.5 cm³/mol. The fourth-order valence-electron chi connectivity index (χ4n) is 2.25. The quantitative estimate of drug-likeness (QED) is 0.725. The number of hydrogen-bond donors (Lipinski definition) is 1. The van der Waals surface area contributed by atoms with Gasteiger partial charge in [-0.25, -0.2) is 0 Å². The highest BCUT2D eigenvalue weighted by molar-refractivity contribution is 7.80. The SMILES string of the molecule is CCN(CCC(N)=S)C(=O)CC(C)CC(C)(C)C. The summed E-state index contributed by atoms with van der Waals surface area (Å²) in [5.41, 5.74) is 5.75. The first-order valence-corrected chi connectivity index (χ1v) is 7.12. The normalized spacial score (nSPS) is 13.2. The van der Waals surface area contributed by atoms with Crippen molar-refractivity contribution < 1.29 is 4.79 Å². The average molecular weight is 272 g/mol. The summed E-state index contributed by atoms with van der Waals surface area (Å²) in [6.07, 6.45) is 2.29. The van der Waals surface area contributed by atoms with Gasteiger partial charge in [-0.3, -0.25) is 4.79 Å². The smallest absolute Gasteiger partial charge is 0.222 e. The Balaban J connectivity index is 4.22. The van der Waals surface area contributed by atoms with Crippen molar-refractivity contribution in [1.82, 2.24) is 4.90 Å². The highest BCUT2D eigenvalue weighted by Gasteiger charge is 2.20. The molecule has 1 amide bonds. The zero-order valence-corrected chi connectivity index (χ0v) is 13.3. The maximum atomic E-state index is 12.1. The van der Waals surface area contributed by atoms with E-state index in [0.29, 0.717) is 30.3 Å². The number of carbonyl (C=O) groups is 1. The van der Waals surface area contributed by atoms with Gasteiger partial charge in [-0.15, -0.1) is 0 Å². The van der Waals surface area contributed by atoms with Crippen LogP contribution >= 0.6 is 12.2 Å². The van der Waals surface area contributed by atoms with E-state index in [0.717, 1.165) is 13.0 Å². The van der Waals surface area contributed by atoms with Crippen molar-refractivity contribution >= 4 is 23.1 Å². The number of rotatable bonds is 7. The lowest BCUT2D eigenvalue weighted by Crippen LogP contribution is -2.34. The molecule has 1 atom stereocenters. The summed E-state index contributed by atoms with van der Waals surface area (Å²) in [6.45, 7) is 12.1. The van der Waals surface area contributed by atoms with Crippen LogP contribution in [0, 0.1) is 11.3 Å². The van der Waals surface area contributed by atoms with Gasteiger partial charge in [0.25, 0.3) is 0 Å². The first kappa shape index (κ1) is 17.4. The van der Waals surface area contributed by atoms with Crippen molar-refractivity contribution in [3.63, 3.8) is 0 Å². The largest absolute Gasteiger partial charge is 0.393 e. The summed E-state index contributed by atoms with van der Waals surface area (Å²) >= 11 is 4.85. The Hall–Kier alpha value is -0.640. The van der Waals surface area contributed by atoms with Gasteiger partial charge in [0.05, 0.1) is 4.99 Å². The number of carbonyl (C=O) groups excluding carboxylic acids is 1. The lowest BCUT2D eigenvalue weighted by Gasteiger charge is -2.26. The third kappa shape index (κ3) is 8.45. The summed E-state index contributed by atoms with van der Waals surface area (Å²) < 4.78 is 0. The molecule has 0 saturated carbocycles.